The molecule has 1 aromatic heterocycles. The molecule has 0 fully saturated rings. The van der Waals surface area contributed by atoms with E-state index in [1.165, 1.54) is 11.8 Å². The fourth-order valence-electron chi connectivity index (χ4n) is 2.09. The highest BCUT2D eigenvalue weighted by atomic mass is 127. The summed E-state index contributed by atoms with van der Waals surface area (Å²) in [6.45, 7) is 3.27. The van der Waals surface area contributed by atoms with E-state index in [1.807, 2.05) is 6.92 Å². The maximum Gasteiger partial charge on any atom is 0.327 e. The number of nitrogens with zero attached hydrogens (tertiary/aromatic N) is 4. The number of methoxy groups -OCH3 is 1. The third kappa shape index (κ3) is 6.55. The Hall–Kier alpha value is -1.65. The summed E-state index contributed by atoms with van der Waals surface area (Å²) in [5.41, 5.74) is 0.700. The first-order valence-electron chi connectivity index (χ1n) is 7.37. The summed E-state index contributed by atoms with van der Waals surface area (Å²) in [4.78, 5) is 15.7. The number of ether oxygens (including phenoxy) is 1. The van der Waals surface area contributed by atoms with Gasteiger partial charge in [-0.25, -0.2) is 9.67 Å². The number of halogens is 1. The number of guanidine groups is 1. The fourth-order valence-corrected chi connectivity index (χ4v) is 2.09. The Balaban J connectivity index is 0.00000264. The van der Waals surface area contributed by atoms with Gasteiger partial charge in [0.2, 0.25) is 0 Å². The first-order chi connectivity index (χ1) is 10.7. The van der Waals surface area contributed by atoms with Gasteiger partial charge < -0.3 is 15.4 Å². The number of hydrogen-bond donors (Lipinski definition) is 2. The zero-order valence-electron chi connectivity index (χ0n) is 13.4. The lowest BCUT2D eigenvalue weighted by Crippen LogP contribution is -2.42. The van der Waals surface area contributed by atoms with Gasteiger partial charge in [-0.2, -0.15) is 0 Å². The van der Waals surface area contributed by atoms with Gasteiger partial charge >= 0.3 is 5.97 Å². The summed E-state index contributed by atoms with van der Waals surface area (Å²) in [7, 11) is 1.34. The largest absolute Gasteiger partial charge is 0.468 e. The summed E-state index contributed by atoms with van der Waals surface area (Å²) in [6.07, 6.45) is 8.06. The molecule has 0 aromatic carbocycles. The smallest absolute Gasteiger partial charge is 0.327 e. The highest BCUT2D eigenvalue weighted by Crippen LogP contribution is 2.08. The summed E-state index contributed by atoms with van der Waals surface area (Å²) in [6, 6.07) is 0.396. The fraction of sp³-hybridized carbons (Fsp3) is 0.571. The molecule has 1 aromatic rings. The second kappa shape index (κ2) is 10.2. The molecule has 23 heavy (non-hydrogen) atoms. The summed E-state index contributed by atoms with van der Waals surface area (Å²) in [5, 5.41) is 14.5. The summed E-state index contributed by atoms with van der Waals surface area (Å²) >= 11 is 0. The minimum Gasteiger partial charge on any atom is -0.468 e. The molecule has 0 bridgehead atoms. The van der Waals surface area contributed by atoms with Crippen LogP contribution in [0.5, 0.6) is 0 Å². The average Bonchev–Trinajstić information content (AvgIpc) is 3.16. The maximum atomic E-state index is 11.2. The topological polar surface area (TPSA) is 93.4 Å². The first kappa shape index (κ1) is 19.4. The molecule has 0 aliphatic heterocycles. The van der Waals surface area contributed by atoms with E-state index in [9.17, 15) is 4.79 Å². The number of carbonyl (C=O) groups is 1. The van der Waals surface area contributed by atoms with Crippen LogP contribution >= 0.6 is 24.0 Å². The molecule has 1 aliphatic rings. The minimum atomic E-state index is -0.358. The Kier molecular flexibility index (Phi) is 8.59. The van der Waals surface area contributed by atoms with Crippen LogP contribution < -0.4 is 10.6 Å². The van der Waals surface area contributed by atoms with Crippen molar-refractivity contribution < 1.29 is 9.53 Å². The number of rotatable bonds is 6. The van der Waals surface area contributed by atoms with E-state index < -0.39 is 0 Å². The van der Waals surface area contributed by atoms with E-state index in [2.05, 4.69) is 42.8 Å². The maximum absolute atomic E-state index is 11.2. The van der Waals surface area contributed by atoms with Crippen molar-refractivity contribution in [2.75, 3.05) is 13.7 Å². The second-order valence-electron chi connectivity index (χ2n) is 4.96. The molecule has 0 unspecified atom stereocenters. The molecule has 9 heteroatoms. The monoisotopic (exact) mass is 434 g/mol. The van der Waals surface area contributed by atoms with Gasteiger partial charge in [0.05, 0.1) is 19.9 Å². The van der Waals surface area contributed by atoms with Gasteiger partial charge in [0, 0.05) is 12.6 Å². The van der Waals surface area contributed by atoms with E-state index in [0.29, 0.717) is 18.3 Å². The summed E-state index contributed by atoms with van der Waals surface area (Å²) < 4.78 is 6.03. The lowest BCUT2D eigenvalue weighted by atomic mass is 10.2. The molecule has 0 atom stereocenters. The number of aliphatic imine (C=N–C) groups is 1. The number of hydrogen-bond acceptors (Lipinski definition) is 5. The molecule has 0 spiro atoms. The van der Waals surface area contributed by atoms with Crippen LogP contribution in [0.4, 0.5) is 0 Å². The van der Waals surface area contributed by atoms with Crippen LogP contribution in [0.25, 0.3) is 0 Å². The van der Waals surface area contributed by atoms with E-state index in [4.69, 9.17) is 0 Å². The van der Waals surface area contributed by atoms with Crippen LogP contribution in [0.1, 0.15) is 25.5 Å². The Morgan fingerprint density at radius 2 is 2.22 bits per heavy atom. The molecule has 0 radical (unpaired) electrons. The van der Waals surface area contributed by atoms with Gasteiger partial charge in [0.25, 0.3) is 0 Å². The van der Waals surface area contributed by atoms with Crippen LogP contribution in [-0.4, -0.2) is 46.6 Å². The van der Waals surface area contributed by atoms with Crippen molar-refractivity contribution >= 4 is 35.9 Å². The van der Waals surface area contributed by atoms with Gasteiger partial charge in [-0.3, -0.25) is 4.79 Å². The molecule has 1 aliphatic carbocycles. The number of esters is 1. The predicted octanol–water partition coefficient (Wildman–Crippen LogP) is 0.843. The van der Waals surface area contributed by atoms with Gasteiger partial charge in [-0.1, -0.05) is 17.4 Å². The number of aromatic nitrogens is 3. The Morgan fingerprint density at radius 3 is 2.87 bits per heavy atom. The molecule has 2 N–H and O–H groups in total. The van der Waals surface area contributed by atoms with E-state index in [1.54, 1.807) is 6.20 Å². The van der Waals surface area contributed by atoms with Crippen LogP contribution in [0.3, 0.4) is 0 Å². The molecule has 1 heterocycles. The highest BCUT2D eigenvalue weighted by Gasteiger charge is 2.12. The summed E-state index contributed by atoms with van der Waals surface area (Å²) in [5.74, 6) is 0.405. The minimum absolute atomic E-state index is 0. The van der Waals surface area contributed by atoms with Crippen molar-refractivity contribution in [1.29, 1.82) is 0 Å². The molecule has 0 saturated heterocycles. The molecule has 0 saturated carbocycles. The predicted molar refractivity (Wildman–Crippen MR) is 97.6 cm³/mol. The average molecular weight is 434 g/mol. The zero-order chi connectivity index (χ0) is 15.8. The molecule has 128 valence electrons. The Morgan fingerprint density at radius 1 is 1.48 bits per heavy atom. The first-order valence-corrected chi connectivity index (χ1v) is 7.37. The van der Waals surface area contributed by atoms with Crippen molar-refractivity contribution in [3.8, 4) is 0 Å². The van der Waals surface area contributed by atoms with Gasteiger partial charge in [0.15, 0.2) is 5.96 Å². The Labute approximate surface area is 152 Å². The molecular weight excluding hydrogens is 411 g/mol. The molecule has 2 rings (SSSR count). The number of carbonyl (C=O) groups excluding carboxylic acids is 1. The van der Waals surface area contributed by atoms with Gasteiger partial charge in [-0.15, -0.1) is 29.1 Å². The van der Waals surface area contributed by atoms with Crippen LogP contribution in [-0.2, 0) is 22.6 Å². The lowest BCUT2D eigenvalue weighted by Gasteiger charge is -2.16. The van der Waals surface area contributed by atoms with Gasteiger partial charge in [0.1, 0.15) is 12.2 Å². The number of nitrogens with one attached hydrogen (secondary N) is 2. The lowest BCUT2D eigenvalue weighted by molar-refractivity contribution is -0.141. The SMILES string of the molecule is CCNC(=NCc1cn(CC(=O)OC)nn1)NC1CC=CC1.I. The van der Waals surface area contributed by atoms with Crippen molar-refractivity contribution in [2.24, 2.45) is 4.99 Å². The van der Waals surface area contributed by atoms with Crippen molar-refractivity contribution in [1.82, 2.24) is 25.6 Å². The quantitative estimate of drug-likeness (QED) is 0.227. The van der Waals surface area contributed by atoms with E-state index in [-0.39, 0.29) is 36.5 Å². The van der Waals surface area contributed by atoms with Crippen molar-refractivity contribution in [3.63, 3.8) is 0 Å². The third-order valence-electron chi connectivity index (χ3n) is 3.20. The highest BCUT2D eigenvalue weighted by molar-refractivity contribution is 14.0. The molecule has 0 amide bonds. The van der Waals surface area contributed by atoms with E-state index in [0.717, 1.165) is 25.3 Å². The zero-order valence-corrected chi connectivity index (χ0v) is 15.7. The van der Waals surface area contributed by atoms with Crippen LogP contribution in [0, 0.1) is 0 Å². The van der Waals surface area contributed by atoms with Crippen LogP contribution in [0.2, 0.25) is 0 Å². The standard InChI is InChI=1S/C14H22N6O2.HI/c1-3-15-14(17-11-6-4-5-7-11)16-8-12-9-20(19-18-12)10-13(21)22-2;/h4-5,9,11H,3,6-8,10H2,1-2H3,(H2,15,16,17);1H. The third-order valence-corrected chi connectivity index (χ3v) is 3.20. The van der Waals surface area contributed by atoms with Crippen molar-refractivity contribution in [2.45, 2.75) is 38.9 Å². The Bertz CT molecular complexity index is 549. The molecule has 8 nitrogen and oxygen atoms in total. The van der Waals surface area contributed by atoms with Crippen molar-refractivity contribution in [3.05, 3.63) is 24.0 Å². The van der Waals surface area contributed by atoms with E-state index >= 15 is 0 Å². The normalized spacial score (nSPS) is 14.4. The van der Waals surface area contributed by atoms with Gasteiger partial charge in [-0.05, 0) is 19.8 Å². The molecular formula is C14H23IN6O2. The second-order valence-corrected chi connectivity index (χ2v) is 4.96. The van der Waals surface area contributed by atoms with Crippen LogP contribution in [0.15, 0.2) is 23.3 Å².